The zero-order chi connectivity index (χ0) is 20.4. The summed E-state index contributed by atoms with van der Waals surface area (Å²) in [5.74, 6) is 0.505. The number of nitrogens with zero attached hydrogens (tertiary/aromatic N) is 3. The average molecular weight is 390 g/mol. The SMILES string of the molecule is CC(C)C(=O)N1CCC(c2ccc(C(=O)NCc3ccn4ccnc4c3)cc2)C1. The van der Waals surface area contributed by atoms with Gasteiger partial charge in [0.2, 0.25) is 5.91 Å². The Labute approximate surface area is 170 Å². The maximum Gasteiger partial charge on any atom is 0.251 e. The lowest BCUT2D eigenvalue weighted by atomic mass is 9.97. The van der Waals surface area contributed by atoms with Crippen molar-refractivity contribution >= 4 is 17.5 Å². The molecule has 6 nitrogen and oxygen atoms in total. The molecule has 0 saturated carbocycles. The van der Waals surface area contributed by atoms with E-state index in [1.807, 2.05) is 71.9 Å². The summed E-state index contributed by atoms with van der Waals surface area (Å²) >= 11 is 0. The number of rotatable bonds is 5. The third kappa shape index (κ3) is 4.16. The van der Waals surface area contributed by atoms with E-state index in [1.54, 1.807) is 6.20 Å². The lowest BCUT2D eigenvalue weighted by Crippen LogP contribution is -2.31. The fraction of sp³-hybridized carbons (Fsp3) is 0.348. The molecule has 3 heterocycles. The molecular weight excluding hydrogens is 364 g/mol. The van der Waals surface area contributed by atoms with Gasteiger partial charge in [-0.25, -0.2) is 4.98 Å². The highest BCUT2D eigenvalue weighted by Crippen LogP contribution is 2.28. The van der Waals surface area contributed by atoms with Crippen molar-refractivity contribution in [3.8, 4) is 0 Å². The smallest absolute Gasteiger partial charge is 0.251 e. The van der Waals surface area contributed by atoms with Crippen LogP contribution in [-0.4, -0.2) is 39.2 Å². The molecule has 1 N–H and O–H groups in total. The van der Waals surface area contributed by atoms with E-state index in [9.17, 15) is 9.59 Å². The van der Waals surface area contributed by atoms with E-state index in [0.29, 0.717) is 18.0 Å². The maximum absolute atomic E-state index is 12.5. The van der Waals surface area contributed by atoms with Crippen molar-refractivity contribution in [3.63, 3.8) is 0 Å². The molecule has 0 radical (unpaired) electrons. The van der Waals surface area contributed by atoms with Crippen molar-refractivity contribution in [1.29, 1.82) is 0 Å². The number of hydrogen-bond acceptors (Lipinski definition) is 3. The number of imidazole rings is 1. The van der Waals surface area contributed by atoms with Crippen molar-refractivity contribution in [1.82, 2.24) is 19.6 Å². The Bertz CT molecular complexity index is 1020. The van der Waals surface area contributed by atoms with Crippen molar-refractivity contribution in [2.45, 2.75) is 32.7 Å². The predicted octanol–water partition coefficient (Wildman–Crippen LogP) is 3.24. The van der Waals surface area contributed by atoms with Crippen LogP contribution in [0.1, 0.15) is 47.7 Å². The Morgan fingerprint density at radius 2 is 1.97 bits per heavy atom. The normalized spacial score (nSPS) is 16.5. The van der Waals surface area contributed by atoms with Crippen LogP contribution in [-0.2, 0) is 11.3 Å². The molecule has 1 aliphatic heterocycles. The molecule has 6 heteroatoms. The number of pyridine rings is 1. The van der Waals surface area contributed by atoms with Crippen molar-refractivity contribution in [2.24, 2.45) is 5.92 Å². The van der Waals surface area contributed by atoms with Crippen LogP contribution in [0.5, 0.6) is 0 Å². The summed E-state index contributed by atoms with van der Waals surface area (Å²) in [7, 11) is 0. The fourth-order valence-electron chi connectivity index (χ4n) is 3.85. The minimum Gasteiger partial charge on any atom is -0.348 e. The summed E-state index contributed by atoms with van der Waals surface area (Å²) in [6.45, 7) is 5.91. The Hall–Kier alpha value is -3.15. The van der Waals surface area contributed by atoms with Crippen molar-refractivity contribution < 1.29 is 9.59 Å². The third-order valence-corrected chi connectivity index (χ3v) is 5.55. The molecule has 1 aliphatic rings. The Kier molecular flexibility index (Phi) is 5.34. The Morgan fingerprint density at radius 1 is 1.17 bits per heavy atom. The summed E-state index contributed by atoms with van der Waals surface area (Å²) in [6.07, 6.45) is 6.55. The first-order chi connectivity index (χ1) is 14.0. The van der Waals surface area contributed by atoms with Crippen LogP contribution in [0.3, 0.4) is 0 Å². The van der Waals surface area contributed by atoms with Gasteiger partial charge in [0.1, 0.15) is 5.65 Å². The standard InChI is InChI=1S/C23H26N4O2/c1-16(2)23(29)27-11-8-20(15-27)18-3-5-19(6-4-18)22(28)25-14-17-7-10-26-12-9-24-21(26)13-17/h3-7,9-10,12-13,16,20H,8,11,14-15H2,1-2H3,(H,25,28). The number of carbonyl (C=O) groups is 2. The van der Waals surface area contributed by atoms with E-state index in [-0.39, 0.29) is 17.7 Å². The summed E-state index contributed by atoms with van der Waals surface area (Å²) in [5.41, 5.74) is 3.70. The number of amides is 2. The molecule has 0 spiro atoms. The molecule has 1 saturated heterocycles. The Morgan fingerprint density at radius 3 is 2.72 bits per heavy atom. The number of aromatic nitrogens is 2. The van der Waals surface area contributed by atoms with Crippen LogP contribution in [0.2, 0.25) is 0 Å². The molecule has 1 atom stereocenters. The van der Waals surface area contributed by atoms with Gasteiger partial charge in [0, 0.05) is 55.6 Å². The van der Waals surface area contributed by atoms with Crippen LogP contribution in [0, 0.1) is 5.92 Å². The molecular formula is C23H26N4O2. The van der Waals surface area contributed by atoms with Gasteiger partial charge in [-0.2, -0.15) is 0 Å². The van der Waals surface area contributed by atoms with Gasteiger partial charge in [-0.3, -0.25) is 9.59 Å². The molecule has 0 aliphatic carbocycles. The quantitative estimate of drug-likeness (QED) is 0.727. The molecule has 2 aromatic heterocycles. The first kappa shape index (κ1) is 19.2. The molecule has 2 amide bonds. The van der Waals surface area contributed by atoms with Crippen LogP contribution in [0.4, 0.5) is 0 Å². The summed E-state index contributed by atoms with van der Waals surface area (Å²) < 4.78 is 1.93. The van der Waals surface area contributed by atoms with Gasteiger partial charge in [0.05, 0.1) is 0 Å². The predicted molar refractivity (Wildman–Crippen MR) is 112 cm³/mol. The fourth-order valence-corrected chi connectivity index (χ4v) is 3.85. The second-order valence-corrected chi connectivity index (χ2v) is 7.96. The average Bonchev–Trinajstić information content (AvgIpc) is 3.40. The van der Waals surface area contributed by atoms with Crippen LogP contribution < -0.4 is 5.32 Å². The van der Waals surface area contributed by atoms with E-state index in [1.165, 1.54) is 5.56 Å². The number of hydrogen-bond donors (Lipinski definition) is 1. The van der Waals surface area contributed by atoms with Gasteiger partial charge < -0.3 is 14.6 Å². The van der Waals surface area contributed by atoms with Gasteiger partial charge >= 0.3 is 0 Å². The van der Waals surface area contributed by atoms with E-state index in [2.05, 4.69) is 10.3 Å². The molecule has 1 aromatic carbocycles. The van der Waals surface area contributed by atoms with Crippen molar-refractivity contribution in [2.75, 3.05) is 13.1 Å². The Balaban J connectivity index is 1.35. The van der Waals surface area contributed by atoms with Crippen LogP contribution in [0.15, 0.2) is 55.0 Å². The molecule has 1 unspecified atom stereocenters. The van der Waals surface area contributed by atoms with E-state index >= 15 is 0 Å². The lowest BCUT2D eigenvalue weighted by molar-refractivity contribution is -0.133. The van der Waals surface area contributed by atoms with E-state index < -0.39 is 0 Å². The topological polar surface area (TPSA) is 66.7 Å². The zero-order valence-corrected chi connectivity index (χ0v) is 16.8. The molecule has 150 valence electrons. The molecule has 3 aromatic rings. The number of carbonyl (C=O) groups excluding carboxylic acids is 2. The van der Waals surface area contributed by atoms with Crippen molar-refractivity contribution in [3.05, 3.63) is 71.7 Å². The minimum absolute atomic E-state index is 0.0361. The number of fused-ring (bicyclic) bond motifs is 1. The second kappa shape index (κ2) is 8.07. The highest BCUT2D eigenvalue weighted by molar-refractivity contribution is 5.94. The van der Waals surface area contributed by atoms with Gasteiger partial charge in [0.25, 0.3) is 5.91 Å². The van der Waals surface area contributed by atoms with Gasteiger partial charge in [-0.1, -0.05) is 26.0 Å². The first-order valence-corrected chi connectivity index (χ1v) is 10.1. The van der Waals surface area contributed by atoms with Gasteiger partial charge in [-0.15, -0.1) is 0 Å². The highest BCUT2D eigenvalue weighted by Gasteiger charge is 2.28. The van der Waals surface area contributed by atoms with E-state index in [4.69, 9.17) is 0 Å². The van der Waals surface area contributed by atoms with Crippen LogP contribution in [0.25, 0.3) is 5.65 Å². The molecule has 29 heavy (non-hydrogen) atoms. The number of likely N-dealkylation sites (tertiary alicyclic amines) is 1. The highest BCUT2D eigenvalue weighted by atomic mass is 16.2. The second-order valence-electron chi connectivity index (χ2n) is 7.96. The maximum atomic E-state index is 12.5. The number of benzene rings is 1. The summed E-state index contributed by atoms with van der Waals surface area (Å²) in [4.78, 5) is 30.9. The monoisotopic (exact) mass is 390 g/mol. The zero-order valence-electron chi connectivity index (χ0n) is 16.8. The largest absolute Gasteiger partial charge is 0.348 e. The van der Waals surface area contributed by atoms with Crippen LogP contribution >= 0.6 is 0 Å². The first-order valence-electron chi connectivity index (χ1n) is 10.1. The van der Waals surface area contributed by atoms with Gasteiger partial charge in [-0.05, 0) is 41.8 Å². The summed E-state index contributed by atoms with van der Waals surface area (Å²) in [5, 5.41) is 2.97. The summed E-state index contributed by atoms with van der Waals surface area (Å²) in [6, 6.07) is 11.7. The molecule has 1 fully saturated rings. The van der Waals surface area contributed by atoms with Gasteiger partial charge in [0.15, 0.2) is 0 Å². The number of nitrogens with one attached hydrogen (secondary N) is 1. The van der Waals surface area contributed by atoms with E-state index in [0.717, 1.165) is 30.7 Å². The third-order valence-electron chi connectivity index (χ3n) is 5.55. The minimum atomic E-state index is -0.0946. The molecule has 0 bridgehead atoms. The lowest BCUT2D eigenvalue weighted by Gasteiger charge is -2.19. The molecule has 4 rings (SSSR count).